The van der Waals surface area contributed by atoms with Crippen molar-refractivity contribution >= 4 is 51.3 Å². The highest BCUT2D eigenvalue weighted by Crippen LogP contribution is 2.27. The van der Waals surface area contributed by atoms with Gasteiger partial charge in [0.05, 0.1) is 5.69 Å². The van der Waals surface area contributed by atoms with Gasteiger partial charge in [-0.15, -0.1) is 0 Å². The van der Waals surface area contributed by atoms with E-state index in [1.54, 1.807) is 36.4 Å². The molecule has 1 aliphatic heterocycles. The summed E-state index contributed by atoms with van der Waals surface area (Å²) in [5.74, 6) is -1.36. The maximum absolute atomic E-state index is 13.3. The van der Waals surface area contributed by atoms with E-state index in [0.717, 1.165) is 26.9 Å². The molecule has 1 fully saturated rings. The van der Waals surface area contributed by atoms with Crippen LogP contribution in [-0.4, -0.2) is 22.4 Å². The largest absolute Gasteiger partial charge is 0.342 e. The maximum atomic E-state index is 13.3. The summed E-state index contributed by atoms with van der Waals surface area (Å²) in [4.78, 5) is 39.4. The summed E-state index contributed by atoms with van der Waals surface area (Å²) >= 11 is 0. The van der Waals surface area contributed by atoms with Gasteiger partial charge >= 0.3 is 6.03 Å². The van der Waals surface area contributed by atoms with Gasteiger partial charge in [-0.25, -0.2) is 9.69 Å². The lowest BCUT2D eigenvalue weighted by atomic mass is 10.1. The van der Waals surface area contributed by atoms with Crippen LogP contribution in [0.15, 0.2) is 109 Å². The predicted molar refractivity (Wildman–Crippen MR) is 140 cm³/mol. The number of hydrogen-bond acceptors (Lipinski definition) is 3. The van der Waals surface area contributed by atoms with Crippen molar-refractivity contribution in [1.29, 1.82) is 0 Å². The third-order valence-corrected chi connectivity index (χ3v) is 6.40. The molecule has 0 aliphatic carbocycles. The molecular weight excluding hydrogens is 450 g/mol. The number of aromatic nitrogens is 1. The zero-order valence-electron chi connectivity index (χ0n) is 19.2. The fourth-order valence-electron chi connectivity index (χ4n) is 4.68. The number of amides is 4. The van der Waals surface area contributed by atoms with Gasteiger partial charge in [0.15, 0.2) is 0 Å². The number of urea groups is 1. The van der Waals surface area contributed by atoms with Gasteiger partial charge in [0.25, 0.3) is 11.8 Å². The lowest BCUT2D eigenvalue weighted by Crippen LogP contribution is -2.54. The number of imide groups is 2. The summed E-state index contributed by atoms with van der Waals surface area (Å²) in [5.41, 5.74) is 3.16. The summed E-state index contributed by atoms with van der Waals surface area (Å²) in [7, 11) is 0. The number of fused-ring (bicyclic) bond motifs is 2. The third-order valence-electron chi connectivity index (χ3n) is 6.40. The van der Waals surface area contributed by atoms with Crippen LogP contribution in [0, 0.1) is 0 Å². The smallest absolute Gasteiger partial charge is 0.335 e. The number of para-hydroxylation sites is 2. The minimum Gasteiger partial charge on any atom is -0.342 e. The molecule has 1 aromatic heterocycles. The topological polar surface area (TPSA) is 71.4 Å². The average molecular weight is 472 g/mol. The zero-order valence-corrected chi connectivity index (χ0v) is 19.2. The first-order valence-electron chi connectivity index (χ1n) is 11.6. The summed E-state index contributed by atoms with van der Waals surface area (Å²) in [6, 6.07) is 30.3. The van der Waals surface area contributed by atoms with Crippen LogP contribution in [-0.2, 0) is 16.1 Å². The fraction of sp³-hybridized carbons (Fsp3) is 0.0333. The first kappa shape index (κ1) is 21.6. The van der Waals surface area contributed by atoms with Crippen molar-refractivity contribution < 1.29 is 14.4 Å². The van der Waals surface area contributed by atoms with Gasteiger partial charge in [-0.3, -0.25) is 14.9 Å². The Morgan fingerprint density at radius 3 is 2.31 bits per heavy atom. The first-order chi connectivity index (χ1) is 17.6. The molecule has 1 N–H and O–H groups in total. The van der Waals surface area contributed by atoms with Crippen molar-refractivity contribution in [1.82, 2.24) is 9.88 Å². The van der Waals surface area contributed by atoms with Crippen molar-refractivity contribution in [3.63, 3.8) is 0 Å². The van der Waals surface area contributed by atoms with E-state index in [1.807, 2.05) is 42.6 Å². The van der Waals surface area contributed by atoms with E-state index in [1.165, 1.54) is 10.8 Å². The van der Waals surface area contributed by atoms with Crippen LogP contribution in [0.25, 0.3) is 27.8 Å². The fourth-order valence-corrected chi connectivity index (χ4v) is 4.68. The van der Waals surface area contributed by atoms with Crippen molar-refractivity contribution in [3.8, 4) is 0 Å². The molecule has 174 valence electrons. The average Bonchev–Trinajstić information content (AvgIpc) is 3.24. The summed E-state index contributed by atoms with van der Waals surface area (Å²) in [6.45, 7) is 0.628. The number of carbonyl (C=O) groups excluding carboxylic acids is 3. The Kier molecular flexibility index (Phi) is 5.19. The van der Waals surface area contributed by atoms with Crippen LogP contribution in [0.2, 0.25) is 0 Å². The molecule has 6 nitrogen and oxygen atoms in total. The Balaban J connectivity index is 1.41. The monoisotopic (exact) mass is 471 g/mol. The molecule has 4 amide bonds. The molecule has 0 bridgehead atoms. The molecule has 36 heavy (non-hydrogen) atoms. The highest BCUT2D eigenvalue weighted by molar-refractivity contribution is 6.39. The van der Waals surface area contributed by atoms with Gasteiger partial charge in [0, 0.05) is 29.2 Å². The number of barbiturate groups is 1. The Bertz CT molecular complexity index is 1700. The lowest BCUT2D eigenvalue weighted by Gasteiger charge is -2.26. The Labute approximate surface area is 207 Å². The van der Waals surface area contributed by atoms with Gasteiger partial charge in [0.1, 0.15) is 5.57 Å². The standard InChI is InChI=1S/C30H21N3O3/c34-28-26(29(35)33(30(36)31-28)24-10-2-1-3-11-24)17-23-19-32(27-13-7-6-12-25(23)27)18-20-14-15-21-8-4-5-9-22(21)16-20/h1-17,19H,18H2,(H,31,34,36)/b26-17-. The minimum atomic E-state index is -0.757. The number of carbonyl (C=O) groups is 3. The van der Waals surface area contributed by atoms with Crippen molar-refractivity contribution in [2.75, 3.05) is 4.90 Å². The van der Waals surface area contributed by atoms with E-state index < -0.39 is 17.8 Å². The van der Waals surface area contributed by atoms with E-state index in [9.17, 15) is 14.4 Å². The maximum Gasteiger partial charge on any atom is 0.335 e. The van der Waals surface area contributed by atoms with Crippen molar-refractivity contribution in [3.05, 3.63) is 120 Å². The van der Waals surface area contributed by atoms with Crippen LogP contribution in [0.1, 0.15) is 11.1 Å². The van der Waals surface area contributed by atoms with Crippen LogP contribution >= 0.6 is 0 Å². The molecule has 6 heteroatoms. The third kappa shape index (κ3) is 3.75. The predicted octanol–water partition coefficient (Wildman–Crippen LogP) is 5.51. The number of rotatable bonds is 4. The number of anilines is 1. The van der Waals surface area contributed by atoms with Gasteiger partial charge in [-0.1, -0.05) is 72.8 Å². The summed E-state index contributed by atoms with van der Waals surface area (Å²) < 4.78 is 2.11. The minimum absolute atomic E-state index is 0.0907. The van der Waals surface area contributed by atoms with Gasteiger partial charge in [0.2, 0.25) is 0 Å². The van der Waals surface area contributed by atoms with Crippen LogP contribution in [0.5, 0.6) is 0 Å². The molecule has 6 rings (SSSR count). The SMILES string of the molecule is O=C1NC(=O)N(c2ccccc2)C(=O)/C1=C\c1cn(Cc2ccc3ccccc3c2)c2ccccc12. The number of nitrogens with zero attached hydrogens (tertiary/aromatic N) is 2. The van der Waals surface area contributed by atoms with E-state index in [2.05, 4.69) is 40.2 Å². The second kappa shape index (κ2) is 8.67. The molecule has 1 aliphatic rings. The normalized spacial score (nSPS) is 15.2. The van der Waals surface area contributed by atoms with Crippen LogP contribution in [0.4, 0.5) is 10.5 Å². The number of hydrogen-bond donors (Lipinski definition) is 1. The van der Waals surface area contributed by atoms with E-state index in [-0.39, 0.29) is 5.57 Å². The first-order valence-corrected chi connectivity index (χ1v) is 11.6. The van der Waals surface area contributed by atoms with Crippen LogP contribution in [0.3, 0.4) is 0 Å². The highest BCUT2D eigenvalue weighted by atomic mass is 16.2. The molecule has 0 atom stereocenters. The van der Waals surface area contributed by atoms with Gasteiger partial charge < -0.3 is 4.57 Å². The molecule has 0 spiro atoms. The quantitative estimate of drug-likeness (QED) is 0.278. The van der Waals surface area contributed by atoms with Crippen molar-refractivity contribution in [2.24, 2.45) is 0 Å². The summed E-state index contributed by atoms with van der Waals surface area (Å²) in [5, 5.41) is 5.56. The molecule has 1 saturated heterocycles. The second-order valence-corrected chi connectivity index (χ2v) is 8.70. The Hall–Kier alpha value is -4.97. The molecule has 2 heterocycles. The Morgan fingerprint density at radius 2 is 1.47 bits per heavy atom. The molecule has 5 aromatic rings. The molecule has 0 saturated carbocycles. The second-order valence-electron chi connectivity index (χ2n) is 8.70. The van der Waals surface area contributed by atoms with Gasteiger partial charge in [-0.05, 0) is 46.7 Å². The zero-order chi connectivity index (χ0) is 24.6. The van der Waals surface area contributed by atoms with E-state index in [4.69, 9.17) is 0 Å². The highest BCUT2D eigenvalue weighted by Gasteiger charge is 2.36. The van der Waals surface area contributed by atoms with Crippen LogP contribution < -0.4 is 10.2 Å². The molecular formula is C30H21N3O3. The molecule has 4 aromatic carbocycles. The number of nitrogens with one attached hydrogen (secondary N) is 1. The lowest BCUT2D eigenvalue weighted by molar-refractivity contribution is -0.122. The van der Waals surface area contributed by atoms with Gasteiger partial charge in [-0.2, -0.15) is 0 Å². The Morgan fingerprint density at radius 1 is 0.750 bits per heavy atom. The molecule has 0 radical (unpaired) electrons. The number of benzene rings is 4. The summed E-state index contributed by atoms with van der Waals surface area (Å²) in [6.07, 6.45) is 3.51. The van der Waals surface area contributed by atoms with E-state index in [0.29, 0.717) is 12.2 Å². The van der Waals surface area contributed by atoms with Crippen molar-refractivity contribution in [2.45, 2.75) is 6.54 Å². The molecule has 0 unspecified atom stereocenters. The van der Waals surface area contributed by atoms with E-state index >= 15 is 0 Å².